The number of pyridine rings is 1. The Bertz CT molecular complexity index is 613. The third kappa shape index (κ3) is 2.04. The average molecular weight is 278 g/mol. The molecule has 0 radical (unpaired) electrons. The average Bonchev–Trinajstić information content (AvgIpc) is 3.01. The number of hydrogen-bond donors (Lipinski definition) is 2. The summed E-state index contributed by atoms with van der Waals surface area (Å²) in [5.74, 6) is 0.790. The molecule has 1 aliphatic rings. The van der Waals surface area contributed by atoms with Gasteiger partial charge >= 0.3 is 0 Å². The van der Waals surface area contributed by atoms with E-state index in [1.165, 1.54) is 0 Å². The minimum absolute atomic E-state index is 0.186. The summed E-state index contributed by atoms with van der Waals surface area (Å²) >= 11 is 0. The van der Waals surface area contributed by atoms with E-state index in [0.29, 0.717) is 6.42 Å². The summed E-state index contributed by atoms with van der Waals surface area (Å²) in [7, 11) is 3.83. The highest BCUT2D eigenvalue weighted by Crippen LogP contribution is 2.32. The van der Waals surface area contributed by atoms with Crippen molar-refractivity contribution in [3.05, 3.63) is 18.6 Å². The van der Waals surface area contributed by atoms with Crippen LogP contribution in [0, 0.1) is 0 Å². The third-order valence-corrected chi connectivity index (χ3v) is 3.59. The quantitative estimate of drug-likeness (QED) is 0.831. The second-order valence-corrected chi connectivity index (χ2v) is 5.16. The van der Waals surface area contributed by atoms with Crippen molar-refractivity contribution in [2.24, 2.45) is 0 Å². The lowest BCUT2D eigenvalue weighted by atomic mass is 10.2. The smallest absolute Gasteiger partial charge is 0.156 e. The Morgan fingerprint density at radius 1 is 1.45 bits per heavy atom. The van der Waals surface area contributed by atoms with Gasteiger partial charge in [0.1, 0.15) is 17.8 Å². The fourth-order valence-corrected chi connectivity index (χ4v) is 2.55. The van der Waals surface area contributed by atoms with Crippen LogP contribution in [0.3, 0.4) is 0 Å². The molecule has 2 N–H and O–H groups in total. The number of hydrogen-bond acceptors (Lipinski definition) is 6. The first-order valence-electron chi connectivity index (χ1n) is 6.55. The van der Waals surface area contributed by atoms with Crippen LogP contribution in [0.2, 0.25) is 0 Å². The van der Waals surface area contributed by atoms with Crippen molar-refractivity contribution in [2.75, 3.05) is 25.6 Å². The largest absolute Gasteiger partial charge is 0.394 e. The van der Waals surface area contributed by atoms with Gasteiger partial charge in [0.15, 0.2) is 5.82 Å². The Hall–Kier alpha value is -1.70. The number of imidazole rings is 1. The number of anilines is 1. The first kappa shape index (κ1) is 13.3. The van der Waals surface area contributed by atoms with Gasteiger partial charge in [-0.1, -0.05) is 0 Å². The van der Waals surface area contributed by atoms with Crippen molar-refractivity contribution in [1.29, 1.82) is 0 Å². The molecule has 1 fully saturated rings. The molecule has 0 aromatic carbocycles. The van der Waals surface area contributed by atoms with Gasteiger partial charge < -0.3 is 24.4 Å². The summed E-state index contributed by atoms with van der Waals surface area (Å²) in [5, 5.41) is 19.0. The molecule has 2 aromatic rings. The lowest BCUT2D eigenvalue weighted by Crippen LogP contribution is -2.24. The van der Waals surface area contributed by atoms with E-state index in [0.717, 1.165) is 16.9 Å². The van der Waals surface area contributed by atoms with E-state index in [1.807, 2.05) is 29.6 Å². The van der Waals surface area contributed by atoms with E-state index in [4.69, 9.17) is 9.84 Å². The van der Waals surface area contributed by atoms with Gasteiger partial charge in [0.05, 0.1) is 24.6 Å². The predicted octanol–water partition coefficient (Wildman–Crippen LogP) is 0.138. The number of aliphatic hydroxyl groups excluding tert-OH is 2. The summed E-state index contributed by atoms with van der Waals surface area (Å²) < 4.78 is 7.54. The third-order valence-electron chi connectivity index (χ3n) is 3.59. The fraction of sp³-hybridized carbons (Fsp3) is 0.538. The Labute approximate surface area is 116 Å². The van der Waals surface area contributed by atoms with Crippen LogP contribution < -0.4 is 4.90 Å². The van der Waals surface area contributed by atoms with Gasteiger partial charge in [-0.05, 0) is 6.07 Å². The van der Waals surface area contributed by atoms with Gasteiger partial charge in [0.2, 0.25) is 0 Å². The number of aromatic nitrogens is 3. The molecular formula is C13H18N4O3. The van der Waals surface area contributed by atoms with E-state index < -0.39 is 12.2 Å². The van der Waals surface area contributed by atoms with Crippen LogP contribution in [0.4, 0.5) is 5.82 Å². The highest BCUT2D eigenvalue weighted by Gasteiger charge is 2.35. The zero-order valence-corrected chi connectivity index (χ0v) is 11.5. The highest BCUT2D eigenvalue weighted by molar-refractivity contribution is 5.86. The molecule has 108 valence electrons. The molecule has 2 aromatic heterocycles. The Kier molecular flexibility index (Phi) is 3.33. The maximum atomic E-state index is 9.83. The summed E-state index contributed by atoms with van der Waals surface area (Å²) in [5.41, 5.74) is 1.70. The lowest BCUT2D eigenvalue weighted by Gasteiger charge is -2.15. The van der Waals surface area contributed by atoms with Crippen LogP contribution in [0.5, 0.6) is 0 Å². The first-order chi connectivity index (χ1) is 9.61. The van der Waals surface area contributed by atoms with Gasteiger partial charge in [-0.2, -0.15) is 0 Å². The molecule has 0 aliphatic carbocycles. The maximum Gasteiger partial charge on any atom is 0.156 e. The van der Waals surface area contributed by atoms with Crippen molar-refractivity contribution in [3.63, 3.8) is 0 Å². The van der Waals surface area contributed by atoms with Crippen LogP contribution in [0.25, 0.3) is 11.0 Å². The minimum Gasteiger partial charge on any atom is -0.394 e. The van der Waals surface area contributed by atoms with Crippen molar-refractivity contribution >= 4 is 16.9 Å². The van der Waals surface area contributed by atoms with Gasteiger partial charge in [-0.25, -0.2) is 9.97 Å². The SMILES string of the molecule is CN(C)c1nccc2c1ncn2[C@H]1C[C@H](O)[C@@H](CO)O1. The summed E-state index contributed by atoms with van der Waals surface area (Å²) in [4.78, 5) is 10.6. The zero-order chi connectivity index (χ0) is 14.3. The molecule has 0 saturated carbocycles. The van der Waals surface area contributed by atoms with Gasteiger partial charge in [0.25, 0.3) is 0 Å². The van der Waals surface area contributed by atoms with Gasteiger partial charge in [-0.15, -0.1) is 0 Å². The standard InChI is InChI=1S/C13H18N4O3/c1-16(2)13-12-8(3-4-14-13)17(7-15-12)11-5-9(19)10(6-18)20-11/h3-4,7,9-11,18-19H,5-6H2,1-2H3/t9-,10+,11+/m0/s1. The minimum atomic E-state index is -0.655. The van der Waals surface area contributed by atoms with Crippen LogP contribution in [0.1, 0.15) is 12.6 Å². The van der Waals surface area contributed by atoms with E-state index in [1.54, 1.807) is 12.5 Å². The molecular weight excluding hydrogens is 260 g/mol. The Balaban J connectivity index is 2.00. The summed E-state index contributed by atoms with van der Waals surface area (Å²) in [6.07, 6.45) is 2.35. The number of nitrogens with zero attached hydrogens (tertiary/aromatic N) is 4. The molecule has 0 amide bonds. The van der Waals surface area contributed by atoms with Crippen molar-refractivity contribution in [2.45, 2.75) is 24.9 Å². The molecule has 1 aliphatic heterocycles. The first-order valence-corrected chi connectivity index (χ1v) is 6.55. The lowest BCUT2D eigenvalue weighted by molar-refractivity contribution is -0.0430. The topological polar surface area (TPSA) is 83.6 Å². The Morgan fingerprint density at radius 2 is 2.25 bits per heavy atom. The maximum absolute atomic E-state index is 9.83. The monoisotopic (exact) mass is 278 g/mol. The molecule has 7 nitrogen and oxygen atoms in total. The van der Waals surface area contributed by atoms with Gasteiger partial charge in [0, 0.05) is 26.7 Å². The molecule has 3 atom stereocenters. The predicted molar refractivity (Wildman–Crippen MR) is 73.5 cm³/mol. The zero-order valence-electron chi connectivity index (χ0n) is 11.5. The second kappa shape index (κ2) is 5.01. The Morgan fingerprint density at radius 3 is 2.90 bits per heavy atom. The molecule has 3 rings (SSSR count). The van der Waals surface area contributed by atoms with E-state index in [9.17, 15) is 5.11 Å². The molecule has 0 bridgehead atoms. The van der Waals surface area contributed by atoms with Crippen LogP contribution in [-0.2, 0) is 4.74 Å². The van der Waals surface area contributed by atoms with Crippen LogP contribution >= 0.6 is 0 Å². The number of fused-ring (bicyclic) bond motifs is 1. The second-order valence-electron chi connectivity index (χ2n) is 5.16. The van der Waals surface area contributed by atoms with Crippen LogP contribution in [-0.4, -0.2) is 57.7 Å². The van der Waals surface area contributed by atoms with E-state index in [2.05, 4.69) is 9.97 Å². The van der Waals surface area contributed by atoms with Crippen molar-refractivity contribution in [3.8, 4) is 0 Å². The van der Waals surface area contributed by atoms with Crippen LogP contribution in [0.15, 0.2) is 18.6 Å². The summed E-state index contributed by atoms with van der Waals surface area (Å²) in [6, 6.07) is 1.87. The van der Waals surface area contributed by atoms with Crippen molar-refractivity contribution < 1.29 is 14.9 Å². The van der Waals surface area contributed by atoms with E-state index >= 15 is 0 Å². The normalized spacial score (nSPS) is 26.3. The summed E-state index contributed by atoms with van der Waals surface area (Å²) in [6.45, 7) is -0.186. The number of ether oxygens (including phenoxy) is 1. The number of aliphatic hydroxyl groups is 2. The fourth-order valence-electron chi connectivity index (χ4n) is 2.55. The molecule has 0 unspecified atom stereocenters. The molecule has 1 saturated heterocycles. The molecule has 3 heterocycles. The molecule has 20 heavy (non-hydrogen) atoms. The molecule has 7 heteroatoms. The molecule has 0 spiro atoms. The van der Waals surface area contributed by atoms with E-state index in [-0.39, 0.29) is 12.8 Å². The number of rotatable bonds is 3. The van der Waals surface area contributed by atoms with Crippen molar-refractivity contribution in [1.82, 2.24) is 14.5 Å². The highest BCUT2D eigenvalue weighted by atomic mass is 16.5. The van der Waals surface area contributed by atoms with Gasteiger partial charge in [-0.3, -0.25) is 0 Å².